The molecule has 5 heteroatoms. The van der Waals surface area contributed by atoms with Crippen LogP contribution >= 0.6 is 35.6 Å². The standard InChI is InChI=1S/C11H16Cl2N2.ClH/c1-8(7-15(2)3)14-11-9(12)5-4-6-10(11)13;/h4-6,8,14H,7H2,1-3H3;1H. The lowest BCUT2D eigenvalue weighted by Crippen LogP contribution is -2.29. The topological polar surface area (TPSA) is 15.3 Å². The van der Waals surface area contributed by atoms with E-state index in [9.17, 15) is 0 Å². The Morgan fingerprint density at radius 3 is 2.19 bits per heavy atom. The molecule has 1 unspecified atom stereocenters. The Bertz CT molecular complexity index is 309. The molecule has 0 amide bonds. The third-order valence-corrected chi connectivity index (χ3v) is 2.62. The summed E-state index contributed by atoms with van der Waals surface area (Å²) in [6.45, 7) is 3.03. The van der Waals surface area contributed by atoms with Crippen molar-refractivity contribution in [2.24, 2.45) is 0 Å². The maximum atomic E-state index is 6.05. The van der Waals surface area contributed by atoms with Crippen LogP contribution in [0.2, 0.25) is 10.0 Å². The smallest absolute Gasteiger partial charge is 0.0721 e. The fourth-order valence-electron chi connectivity index (χ4n) is 1.48. The van der Waals surface area contributed by atoms with Gasteiger partial charge in [0.05, 0.1) is 15.7 Å². The Kier molecular flexibility index (Phi) is 7.16. The monoisotopic (exact) mass is 282 g/mol. The van der Waals surface area contributed by atoms with Crippen molar-refractivity contribution in [1.82, 2.24) is 4.90 Å². The molecule has 1 rings (SSSR count). The maximum absolute atomic E-state index is 6.05. The third-order valence-electron chi connectivity index (χ3n) is 1.99. The number of nitrogens with zero attached hydrogens (tertiary/aromatic N) is 1. The number of hydrogen-bond donors (Lipinski definition) is 1. The molecule has 0 spiro atoms. The predicted octanol–water partition coefficient (Wildman–Crippen LogP) is 3.78. The molecule has 1 aromatic rings. The van der Waals surface area contributed by atoms with Crippen LogP contribution in [0, 0.1) is 0 Å². The average Bonchev–Trinajstić information content (AvgIpc) is 2.10. The quantitative estimate of drug-likeness (QED) is 0.905. The van der Waals surface area contributed by atoms with Crippen LogP contribution in [-0.2, 0) is 0 Å². The second-order valence-electron chi connectivity index (χ2n) is 3.90. The molecular formula is C11H17Cl3N2. The van der Waals surface area contributed by atoms with E-state index in [0.29, 0.717) is 16.1 Å². The molecular weight excluding hydrogens is 266 g/mol. The molecule has 0 saturated heterocycles. The molecule has 0 aliphatic rings. The van der Waals surface area contributed by atoms with Crippen molar-refractivity contribution in [2.45, 2.75) is 13.0 Å². The van der Waals surface area contributed by atoms with Gasteiger partial charge in [-0.2, -0.15) is 0 Å². The third kappa shape index (κ3) is 4.79. The van der Waals surface area contributed by atoms with Gasteiger partial charge in [-0.1, -0.05) is 29.3 Å². The number of nitrogens with one attached hydrogen (secondary N) is 1. The number of benzene rings is 1. The van der Waals surface area contributed by atoms with Gasteiger partial charge in [0.2, 0.25) is 0 Å². The number of para-hydroxylation sites is 1. The van der Waals surface area contributed by atoms with Crippen LogP contribution in [-0.4, -0.2) is 31.6 Å². The summed E-state index contributed by atoms with van der Waals surface area (Å²) in [4.78, 5) is 2.11. The van der Waals surface area contributed by atoms with Crippen molar-refractivity contribution >= 4 is 41.3 Å². The molecule has 1 aromatic carbocycles. The van der Waals surface area contributed by atoms with Crippen LogP contribution in [0.5, 0.6) is 0 Å². The molecule has 1 N–H and O–H groups in total. The fraction of sp³-hybridized carbons (Fsp3) is 0.455. The van der Waals surface area contributed by atoms with Crippen LogP contribution in [0.3, 0.4) is 0 Å². The highest BCUT2D eigenvalue weighted by atomic mass is 35.5. The molecule has 0 aliphatic heterocycles. The number of halogens is 3. The van der Waals surface area contributed by atoms with Gasteiger partial charge < -0.3 is 10.2 Å². The summed E-state index contributed by atoms with van der Waals surface area (Å²) in [5.41, 5.74) is 0.815. The molecule has 2 nitrogen and oxygen atoms in total. The van der Waals surface area contributed by atoms with Crippen molar-refractivity contribution < 1.29 is 0 Å². The first kappa shape index (κ1) is 15.9. The highest BCUT2D eigenvalue weighted by Gasteiger charge is 2.09. The van der Waals surface area contributed by atoms with E-state index in [2.05, 4.69) is 17.1 Å². The van der Waals surface area contributed by atoms with E-state index < -0.39 is 0 Å². The van der Waals surface area contributed by atoms with Gasteiger partial charge in [-0.25, -0.2) is 0 Å². The number of anilines is 1. The minimum Gasteiger partial charge on any atom is -0.379 e. The first-order valence-corrected chi connectivity index (χ1v) is 5.61. The second-order valence-corrected chi connectivity index (χ2v) is 4.72. The SMILES string of the molecule is CC(CN(C)C)Nc1c(Cl)cccc1Cl.Cl. The van der Waals surface area contributed by atoms with Crippen molar-refractivity contribution in [3.8, 4) is 0 Å². The average molecular weight is 284 g/mol. The number of likely N-dealkylation sites (N-methyl/N-ethyl adjacent to an activating group) is 1. The fourth-order valence-corrected chi connectivity index (χ4v) is 1.98. The molecule has 92 valence electrons. The normalized spacial score (nSPS) is 12.1. The summed E-state index contributed by atoms with van der Waals surface area (Å²) in [5, 5.41) is 4.62. The molecule has 0 saturated carbocycles. The van der Waals surface area contributed by atoms with E-state index in [1.165, 1.54) is 0 Å². The minimum atomic E-state index is 0. The van der Waals surface area contributed by atoms with E-state index in [0.717, 1.165) is 12.2 Å². The summed E-state index contributed by atoms with van der Waals surface area (Å²) in [5.74, 6) is 0. The van der Waals surface area contributed by atoms with Crippen molar-refractivity contribution in [3.63, 3.8) is 0 Å². The minimum absolute atomic E-state index is 0. The highest BCUT2D eigenvalue weighted by molar-refractivity contribution is 6.39. The highest BCUT2D eigenvalue weighted by Crippen LogP contribution is 2.30. The molecule has 0 bridgehead atoms. The zero-order chi connectivity index (χ0) is 11.4. The zero-order valence-electron chi connectivity index (χ0n) is 9.63. The Balaban J connectivity index is 0.00000225. The predicted molar refractivity (Wildman–Crippen MR) is 75.3 cm³/mol. The molecule has 0 heterocycles. The largest absolute Gasteiger partial charge is 0.379 e. The van der Waals surface area contributed by atoms with Gasteiger partial charge in [0.1, 0.15) is 0 Å². The summed E-state index contributed by atoms with van der Waals surface area (Å²) in [7, 11) is 4.07. The van der Waals surface area contributed by atoms with Crippen molar-refractivity contribution in [2.75, 3.05) is 26.0 Å². The van der Waals surface area contributed by atoms with Gasteiger partial charge in [0.25, 0.3) is 0 Å². The molecule has 16 heavy (non-hydrogen) atoms. The number of rotatable bonds is 4. The summed E-state index contributed by atoms with van der Waals surface area (Å²) >= 11 is 12.1. The van der Waals surface area contributed by atoms with Gasteiger partial charge in [0, 0.05) is 12.6 Å². The van der Waals surface area contributed by atoms with Gasteiger partial charge in [0.15, 0.2) is 0 Å². The molecule has 0 aliphatic carbocycles. The van der Waals surface area contributed by atoms with Crippen LogP contribution in [0.15, 0.2) is 18.2 Å². The van der Waals surface area contributed by atoms with E-state index >= 15 is 0 Å². The van der Waals surface area contributed by atoms with Gasteiger partial charge in [-0.15, -0.1) is 12.4 Å². The molecule has 1 atom stereocenters. The lowest BCUT2D eigenvalue weighted by Gasteiger charge is -2.20. The van der Waals surface area contributed by atoms with Crippen LogP contribution < -0.4 is 5.32 Å². The second kappa shape index (κ2) is 7.23. The summed E-state index contributed by atoms with van der Waals surface area (Å²) in [6.07, 6.45) is 0. The first-order valence-electron chi connectivity index (χ1n) is 4.86. The zero-order valence-corrected chi connectivity index (χ0v) is 12.0. The maximum Gasteiger partial charge on any atom is 0.0721 e. The summed E-state index contributed by atoms with van der Waals surface area (Å²) < 4.78 is 0. The van der Waals surface area contributed by atoms with Crippen LogP contribution in [0.25, 0.3) is 0 Å². The first-order chi connectivity index (χ1) is 7.00. The van der Waals surface area contributed by atoms with E-state index in [4.69, 9.17) is 23.2 Å². The van der Waals surface area contributed by atoms with Crippen molar-refractivity contribution in [1.29, 1.82) is 0 Å². The van der Waals surface area contributed by atoms with Crippen LogP contribution in [0.4, 0.5) is 5.69 Å². The molecule has 0 aromatic heterocycles. The Labute approximate surface area is 113 Å². The van der Waals surface area contributed by atoms with E-state index in [1.807, 2.05) is 32.3 Å². The van der Waals surface area contributed by atoms with Gasteiger partial charge in [-0.3, -0.25) is 0 Å². The number of hydrogen-bond acceptors (Lipinski definition) is 2. The molecule has 0 radical (unpaired) electrons. The van der Waals surface area contributed by atoms with Gasteiger partial charge >= 0.3 is 0 Å². The van der Waals surface area contributed by atoms with E-state index in [-0.39, 0.29) is 12.4 Å². The lowest BCUT2D eigenvalue weighted by molar-refractivity contribution is 0.392. The van der Waals surface area contributed by atoms with Gasteiger partial charge in [-0.05, 0) is 33.2 Å². The Morgan fingerprint density at radius 2 is 1.75 bits per heavy atom. The van der Waals surface area contributed by atoms with Crippen molar-refractivity contribution in [3.05, 3.63) is 28.2 Å². The van der Waals surface area contributed by atoms with E-state index in [1.54, 1.807) is 0 Å². The van der Waals surface area contributed by atoms with Crippen LogP contribution in [0.1, 0.15) is 6.92 Å². The Hall–Kier alpha value is -0.150. The lowest BCUT2D eigenvalue weighted by atomic mass is 10.2. The summed E-state index contributed by atoms with van der Waals surface area (Å²) in [6, 6.07) is 5.81. The molecule has 0 fully saturated rings. The Morgan fingerprint density at radius 1 is 1.25 bits per heavy atom.